The predicted molar refractivity (Wildman–Crippen MR) is 83.0 cm³/mol. The number of hydrogen-bond donors (Lipinski definition) is 1. The minimum Gasteiger partial charge on any atom is -0.351 e. The molecule has 2 aromatic rings. The maximum absolute atomic E-state index is 6.15. The zero-order chi connectivity index (χ0) is 14.4. The summed E-state index contributed by atoms with van der Waals surface area (Å²) >= 11 is 6.15. The Kier molecular flexibility index (Phi) is 5.32. The van der Waals surface area contributed by atoms with Crippen molar-refractivity contribution in [3.05, 3.63) is 52.9 Å². The quantitative estimate of drug-likeness (QED) is 0.888. The lowest BCUT2D eigenvalue weighted by molar-refractivity contribution is 0.762. The molecular formula is C15H19ClN4. The summed E-state index contributed by atoms with van der Waals surface area (Å²) in [5.74, 6) is 0.924. The van der Waals surface area contributed by atoms with Gasteiger partial charge in [0.05, 0.1) is 23.0 Å². The molecule has 2 rings (SSSR count). The molecule has 20 heavy (non-hydrogen) atoms. The fraction of sp³-hybridized carbons (Fsp3) is 0.333. The highest BCUT2D eigenvalue weighted by molar-refractivity contribution is 6.31. The normalized spacial score (nSPS) is 10.6. The van der Waals surface area contributed by atoms with Gasteiger partial charge < -0.3 is 10.2 Å². The first-order valence-corrected chi connectivity index (χ1v) is 7.07. The Morgan fingerprint density at radius 3 is 2.75 bits per heavy atom. The molecular weight excluding hydrogens is 272 g/mol. The SMILES string of the molecule is CCN(Cc1ccccn1)c1ccc(Cl)c(CNC)n1. The Labute approximate surface area is 124 Å². The van der Waals surface area contributed by atoms with Gasteiger partial charge in [-0.3, -0.25) is 4.98 Å². The second-order valence-electron chi connectivity index (χ2n) is 4.46. The molecule has 0 radical (unpaired) electrons. The maximum atomic E-state index is 6.15. The molecule has 0 amide bonds. The van der Waals surface area contributed by atoms with Crippen molar-refractivity contribution in [3.63, 3.8) is 0 Å². The third kappa shape index (κ3) is 3.68. The van der Waals surface area contributed by atoms with Crippen LogP contribution in [0.3, 0.4) is 0 Å². The summed E-state index contributed by atoms with van der Waals surface area (Å²) in [4.78, 5) is 11.2. The van der Waals surface area contributed by atoms with E-state index in [1.807, 2.05) is 43.6 Å². The van der Waals surface area contributed by atoms with Crippen molar-refractivity contribution in [2.45, 2.75) is 20.0 Å². The van der Waals surface area contributed by atoms with Gasteiger partial charge in [0.25, 0.3) is 0 Å². The highest BCUT2D eigenvalue weighted by Gasteiger charge is 2.10. The molecule has 0 fully saturated rings. The Morgan fingerprint density at radius 2 is 2.10 bits per heavy atom. The standard InChI is InChI=1S/C15H19ClN4/c1-3-20(11-12-6-4-5-9-18-12)15-8-7-13(16)14(19-15)10-17-2/h4-9,17H,3,10-11H2,1-2H3. The van der Waals surface area contributed by atoms with Crippen LogP contribution in [0.5, 0.6) is 0 Å². The number of rotatable bonds is 6. The molecule has 0 bridgehead atoms. The van der Waals surface area contributed by atoms with Crippen molar-refractivity contribution >= 4 is 17.4 Å². The number of nitrogens with zero attached hydrogens (tertiary/aromatic N) is 3. The molecule has 0 aliphatic carbocycles. The Balaban J connectivity index is 2.21. The van der Waals surface area contributed by atoms with Crippen molar-refractivity contribution in [2.75, 3.05) is 18.5 Å². The number of pyridine rings is 2. The van der Waals surface area contributed by atoms with Gasteiger partial charge in [-0.25, -0.2) is 4.98 Å². The van der Waals surface area contributed by atoms with Gasteiger partial charge in [-0.15, -0.1) is 0 Å². The van der Waals surface area contributed by atoms with Gasteiger partial charge in [-0.2, -0.15) is 0 Å². The molecule has 4 nitrogen and oxygen atoms in total. The third-order valence-corrected chi connectivity index (χ3v) is 3.38. The first-order valence-electron chi connectivity index (χ1n) is 6.69. The number of hydrogen-bond acceptors (Lipinski definition) is 4. The van der Waals surface area contributed by atoms with Crippen LogP contribution in [0.25, 0.3) is 0 Å². The summed E-state index contributed by atoms with van der Waals surface area (Å²) in [6, 6.07) is 9.79. The lowest BCUT2D eigenvalue weighted by Gasteiger charge is -2.22. The molecule has 106 valence electrons. The van der Waals surface area contributed by atoms with Crippen LogP contribution < -0.4 is 10.2 Å². The van der Waals surface area contributed by atoms with Crippen LogP contribution in [0.15, 0.2) is 36.5 Å². The van der Waals surface area contributed by atoms with E-state index in [2.05, 4.69) is 27.1 Å². The van der Waals surface area contributed by atoms with E-state index in [0.717, 1.165) is 30.3 Å². The van der Waals surface area contributed by atoms with Crippen molar-refractivity contribution in [2.24, 2.45) is 0 Å². The zero-order valence-electron chi connectivity index (χ0n) is 11.8. The Hall–Kier alpha value is -1.65. The van der Waals surface area contributed by atoms with E-state index >= 15 is 0 Å². The molecule has 0 spiro atoms. The van der Waals surface area contributed by atoms with Gasteiger partial charge in [0.1, 0.15) is 5.82 Å². The molecule has 0 aliphatic rings. The molecule has 5 heteroatoms. The van der Waals surface area contributed by atoms with Gasteiger partial charge in [0, 0.05) is 19.3 Å². The van der Waals surface area contributed by atoms with Gasteiger partial charge >= 0.3 is 0 Å². The van der Waals surface area contributed by atoms with E-state index in [-0.39, 0.29) is 0 Å². The molecule has 1 N–H and O–H groups in total. The number of anilines is 1. The van der Waals surface area contributed by atoms with Crippen LogP contribution in [0.1, 0.15) is 18.3 Å². The minimum absolute atomic E-state index is 0.661. The van der Waals surface area contributed by atoms with E-state index < -0.39 is 0 Å². The molecule has 0 atom stereocenters. The second-order valence-corrected chi connectivity index (χ2v) is 4.87. The first kappa shape index (κ1) is 14.8. The molecule has 0 saturated carbocycles. The number of nitrogens with one attached hydrogen (secondary N) is 1. The van der Waals surface area contributed by atoms with Crippen LogP contribution >= 0.6 is 11.6 Å². The number of halogens is 1. The molecule has 0 saturated heterocycles. The average molecular weight is 291 g/mol. The summed E-state index contributed by atoms with van der Waals surface area (Å²) in [6.07, 6.45) is 1.81. The fourth-order valence-electron chi connectivity index (χ4n) is 1.98. The third-order valence-electron chi connectivity index (χ3n) is 3.03. The average Bonchev–Trinajstić information content (AvgIpc) is 2.48. The van der Waals surface area contributed by atoms with E-state index in [4.69, 9.17) is 11.6 Å². The predicted octanol–water partition coefficient (Wildman–Crippen LogP) is 2.88. The molecule has 0 unspecified atom stereocenters. The molecule has 2 heterocycles. The lowest BCUT2D eigenvalue weighted by atomic mass is 10.3. The Morgan fingerprint density at radius 1 is 1.25 bits per heavy atom. The van der Waals surface area contributed by atoms with Crippen molar-refractivity contribution in [1.82, 2.24) is 15.3 Å². The van der Waals surface area contributed by atoms with Crippen LogP contribution in [0, 0.1) is 0 Å². The maximum Gasteiger partial charge on any atom is 0.129 e. The molecule has 0 aliphatic heterocycles. The zero-order valence-corrected chi connectivity index (χ0v) is 12.6. The van der Waals surface area contributed by atoms with Crippen molar-refractivity contribution < 1.29 is 0 Å². The fourth-order valence-corrected chi connectivity index (χ4v) is 2.15. The summed E-state index contributed by atoms with van der Waals surface area (Å²) in [7, 11) is 1.89. The van der Waals surface area contributed by atoms with Gasteiger partial charge in [0.15, 0.2) is 0 Å². The second kappa shape index (κ2) is 7.22. The molecule has 0 aromatic carbocycles. The summed E-state index contributed by atoms with van der Waals surface area (Å²) < 4.78 is 0. The molecule has 2 aromatic heterocycles. The van der Waals surface area contributed by atoms with Gasteiger partial charge in [0.2, 0.25) is 0 Å². The first-order chi connectivity index (χ1) is 9.74. The topological polar surface area (TPSA) is 41.1 Å². The van der Waals surface area contributed by atoms with Crippen LogP contribution in [-0.2, 0) is 13.1 Å². The van der Waals surface area contributed by atoms with E-state index in [1.54, 1.807) is 0 Å². The highest BCUT2D eigenvalue weighted by atomic mass is 35.5. The number of aromatic nitrogens is 2. The summed E-state index contributed by atoms with van der Waals surface area (Å²) in [5.41, 5.74) is 1.90. The smallest absolute Gasteiger partial charge is 0.129 e. The minimum atomic E-state index is 0.661. The van der Waals surface area contributed by atoms with Gasteiger partial charge in [-0.05, 0) is 38.2 Å². The van der Waals surface area contributed by atoms with E-state index in [9.17, 15) is 0 Å². The van der Waals surface area contributed by atoms with Crippen molar-refractivity contribution in [3.8, 4) is 0 Å². The monoisotopic (exact) mass is 290 g/mol. The van der Waals surface area contributed by atoms with Crippen LogP contribution in [0.4, 0.5) is 5.82 Å². The van der Waals surface area contributed by atoms with Gasteiger partial charge in [-0.1, -0.05) is 17.7 Å². The summed E-state index contributed by atoms with van der Waals surface area (Å²) in [5, 5.41) is 3.77. The highest BCUT2D eigenvalue weighted by Crippen LogP contribution is 2.20. The Bertz CT molecular complexity index is 545. The summed E-state index contributed by atoms with van der Waals surface area (Å²) in [6.45, 7) is 4.37. The lowest BCUT2D eigenvalue weighted by Crippen LogP contribution is -2.24. The van der Waals surface area contributed by atoms with Crippen LogP contribution in [0.2, 0.25) is 5.02 Å². The van der Waals surface area contributed by atoms with Crippen LogP contribution in [-0.4, -0.2) is 23.6 Å². The van der Waals surface area contributed by atoms with E-state index in [0.29, 0.717) is 11.6 Å². The largest absolute Gasteiger partial charge is 0.351 e. The van der Waals surface area contributed by atoms with Crippen molar-refractivity contribution in [1.29, 1.82) is 0 Å². The van der Waals surface area contributed by atoms with E-state index in [1.165, 1.54) is 0 Å².